The summed E-state index contributed by atoms with van der Waals surface area (Å²) in [5, 5.41) is 11.1. The van der Waals surface area contributed by atoms with Crippen molar-refractivity contribution in [3.05, 3.63) is 57.6 Å². The number of allylic oxidation sites excluding steroid dienone is 3. The Labute approximate surface area is 128 Å². The molecule has 0 saturated heterocycles. The van der Waals surface area contributed by atoms with Crippen molar-refractivity contribution < 1.29 is 14.6 Å². The Morgan fingerprint density at radius 3 is 2.70 bits per heavy atom. The van der Waals surface area contributed by atoms with Gasteiger partial charge in [-0.3, -0.25) is 0 Å². The van der Waals surface area contributed by atoms with Gasteiger partial charge in [-0.25, -0.2) is 4.79 Å². The molecule has 0 radical (unpaired) electrons. The molecular weight excluding hydrogens is 299 g/mol. The van der Waals surface area contributed by atoms with Gasteiger partial charge in [0.2, 0.25) is 0 Å². The second-order valence-electron chi connectivity index (χ2n) is 3.94. The summed E-state index contributed by atoms with van der Waals surface area (Å²) in [4.78, 5) is 11.9. The van der Waals surface area contributed by atoms with Crippen molar-refractivity contribution in [1.29, 1.82) is 0 Å². The Morgan fingerprint density at radius 1 is 1.45 bits per heavy atom. The number of rotatable bonds is 5. The average molecular weight is 315 g/mol. The second kappa shape index (κ2) is 8.10. The van der Waals surface area contributed by atoms with Crippen LogP contribution in [0.3, 0.4) is 0 Å². The lowest BCUT2D eigenvalue weighted by Gasteiger charge is -2.15. The van der Waals surface area contributed by atoms with Crippen LogP contribution < -0.4 is 0 Å². The summed E-state index contributed by atoms with van der Waals surface area (Å²) in [6, 6.07) is 4.70. The summed E-state index contributed by atoms with van der Waals surface area (Å²) < 4.78 is 4.94. The third kappa shape index (κ3) is 4.37. The molecule has 0 heterocycles. The van der Waals surface area contributed by atoms with E-state index in [1.54, 1.807) is 38.1 Å². The number of benzene rings is 1. The minimum Gasteiger partial charge on any atom is -0.463 e. The van der Waals surface area contributed by atoms with E-state index in [9.17, 15) is 9.90 Å². The Kier molecular flexibility index (Phi) is 6.79. The summed E-state index contributed by atoms with van der Waals surface area (Å²) in [7, 11) is 0. The molecule has 0 spiro atoms. The van der Waals surface area contributed by atoms with E-state index in [1.165, 1.54) is 12.1 Å². The Hall–Kier alpha value is -1.29. The molecular formula is C15H16Cl2O3. The lowest BCUT2D eigenvalue weighted by Crippen LogP contribution is -2.15. The predicted octanol–water partition coefficient (Wildman–Crippen LogP) is 4.09. The lowest BCUT2D eigenvalue weighted by molar-refractivity contribution is -0.139. The van der Waals surface area contributed by atoms with Gasteiger partial charge in [0.15, 0.2) is 0 Å². The number of carbonyl (C=O) groups is 1. The van der Waals surface area contributed by atoms with E-state index in [2.05, 4.69) is 0 Å². The fraction of sp³-hybridized carbons (Fsp3) is 0.267. The van der Waals surface area contributed by atoms with E-state index in [4.69, 9.17) is 27.9 Å². The van der Waals surface area contributed by atoms with Gasteiger partial charge >= 0.3 is 5.97 Å². The van der Waals surface area contributed by atoms with Crippen LogP contribution in [0.5, 0.6) is 0 Å². The summed E-state index contributed by atoms with van der Waals surface area (Å²) >= 11 is 11.9. The van der Waals surface area contributed by atoms with Crippen LogP contribution in [0.2, 0.25) is 10.0 Å². The van der Waals surface area contributed by atoms with Crippen LogP contribution in [0.25, 0.3) is 0 Å². The fourth-order valence-corrected chi connectivity index (χ4v) is 2.09. The molecule has 1 rings (SSSR count). The largest absolute Gasteiger partial charge is 0.463 e. The predicted molar refractivity (Wildman–Crippen MR) is 81.0 cm³/mol. The number of hydrogen-bond donors (Lipinski definition) is 1. The molecule has 0 aliphatic heterocycles. The van der Waals surface area contributed by atoms with Gasteiger partial charge in [0.25, 0.3) is 0 Å². The maximum absolute atomic E-state index is 11.9. The fourth-order valence-electron chi connectivity index (χ4n) is 1.58. The molecule has 1 atom stereocenters. The van der Waals surface area contributed by atoms with Crippen LogP contribution in [0, 0.1) is 0 Å². The molecule has 0 amide bonds. The standard InChI is InChI=1S/C15H16Cl2O3/c1-3-5-6-12(15(19)20-4-2)14(18)11-8-7-10(16)9-13(11)17/h3,5-9,14,18H,4H2,1-2H3/b5-3-,12-6+. The first-order chi connectivity index (χ1) is 9.51. The van der Waals surface area contributed by atoms with Crippen LogP contribution in [-0.4, -0.2) is 17.7 Å². The number of aliphatic hydroxyl groups is 1. The SMILES string of the molecule is C/C=C\C=C(\C(=O)OCC)C(O)c1ccc(Cl)cc1Cl. The third-order valence-electron chi connectivity index (χ3n) is 2.53. The highest BCUT2D eigenvalue weighted by atomic mass is 35.5. The molecule has 1 aromatic carbocycles. The van der Waals surface area contributed by atoms with E-state index < -0.39 is 12.1 Å². The Balaban J connectivity index is 3.16. The highest BCUT2D eigenvalue weighted by molar-refractivity contribution is 6.35. The van der Waals surface area contributed by atoms with Crippen molar-refractivity contribution >= 4 is 29.2 Å². The maximum atomic E-state index is 11.9. The smallest absolute Gasteiger partial charge is 0.337 e. The molecule has 0 saturated carbocycles. The Bertz CT molecular complexity index is 536. The maximum Gasteiger partial charge on any atom is 0.337 e. The van der Waals surface area contributed by atoms with E-state index in [0.29, 0.717) is 15.6 Å². The van der Waals surface area contributed by atoms with Crippen molar-refractivity contribution in [1.82, 2.24) is 0 Å². The minimum atomic E-state index is -1.17. The molecule has 0 bridgehead atoms. The third-order valence-corrected chi connectivity index (χ3v) is 3.09. The molecule has 0 aliphatic rings. The van der Waals surface area contributed by atoms with Crippen LogP contribution >= 0.6 is 23.2 Å². The Morgan fingerprint density at radius 2 is 2.15 bits per heavy atom. The van der Waals surface area contributed by atoms with E-state index in [-0.39, 0.29) is 12.2 Å². The quantitative estimate of drug-likeness (QED) is 0.506. The monoisotopic (exact) mass is 314 g/mol. The van der Waals surface area contributed by atoms with Crippen LogP contribution in [0.1, 0.15) is 25.5 Å². The van der Waals surface area contributed by atoms with Gasteiger partial charge in [0.05, 0.1) is 12.2 Å². The average Bonchev–Trinajstić information content (AvgIpc) is 2.39. The summed E-state index contributed by atoms with van der Waals surface area (Å²) in [5.74, 6) is -0.580. The first-order valence-corrected chi connectivity index (χ1v) is 6.89. The minimum absolute atomic E-state index is 0.120. The zero-order chi connectivity index (χ0) is 15.1. The first-order valence-electron chi connectivity index (χ1n) is 6.14. The summed E-state index contributed by atoms with van der Waals surface area (Å²) in [6.45, 7) is 3.74. The number of hydrogen-bond acceptors (Lipinski definition) is 3. The van der Waals surface area contributed by atoms with Crippen molar-refractivity contribution in [2.45, 2.75) is 20.0 Å². The van der Waals surface area contributed by atoms with Gasteiger partial charge in [0, 0.05) is 15.6 Å². The topological polar surface area (TPSA) is 46.5 Å². The summed E-state index contributed by atoms with van der Waals surface area (Å²) in [5.41, 5.74) is 0.522. The van der Waals surface area contributed by atoms with E-state index in [1.807, 2.05) is 0 Å². The normalized spacial score (nSPS) is 13.6. The van der Waals surface area contributed by atoms with Crippen LogP contribution in [0.15, 0.2) is 42.0 Å². The van der Waals surface area contributed by atoms with Gasteiger partial charge in [-0.2, -0.15) is 0 Å². The zero-order valence-electron chi connectivity index (χ0n) is 11.3. The highest BCUT2D eigenvalue weighted by Gasteiger charge is 2.23. The lowest BCUT2D eigenvalue weighted by atomic mass is 10.0. The molecule has 20 heavy (non-hydrogen) atoms. The molecule has 108 valence electrons. The van der Waals surface area contributed by atoms with Gasteiger partial charge in [-0.1, -0.05) is 41.4 Å². The van der Waals surface area contributed by atoms with Gasteiger partial charge in [0.1, 0.15) is 6.10 Å². The van der Waals surface area contributed by atoms with Crippen LogP contribution in [-0.2, 0) is 9.53 Å². The molecule has 0 aliphatic carbocycles. The van der Waals surface area contributed by atoms with Crippen molar-refractivity contribution in [3.63, 3.8) is 0 Å². The van der Waals surface area contributed by atoms with Gasteiger partial charge in [-0.15, -0.1) is 0 Å². The molecule has 0 fully saturated rings. The van der Waals surface area contributed by atoms with E-state index >= 15 is 0 Å². The van der Waals surface area contributed by atoms with E-state index in [0.717, 1.165) is 0 Å². The number of esters is 1. The second-order valence-corrected chi connectivity index (χ2v) is 4.78. The first kappa shape index (κ1) is 16.8. The summed E-state index contributed by atoms with van der Waals surface area (Å²) in [6.07, 6.45) is 3.73. The molecule has 3 nitrogen and oxygen atoms in total. The zero-order valence-corrected chi connectivity index (χ0v) is 12.8. The molecule has 1 unspecified atom stereocenters. The van der Waals surface area contributed by atoms with Gasteiger partial charge < -0.3 is 9.84 Å². The van der Waals surface area contributed by atoms with Crippen molar-refractivity contribution in [2.24, 2.45) is 0 Å². The van der Waals surface area contributed by atoms with Crippen LogP contribution in [0.4, 0.5) is 0 Å². The van der Waals surface area contributed by atoms with Gasteiger partial charge in [-0.05, 0) is 32.1 Å². The molecule has 1 aromatic rings. The van der Waals surface area contributed by atoms with Crippen molar-refractivity contribution in [3.8, 4) is 0 Å². The highest BCUT2D eigenvalue weighted by Crippen LogP contribution is 2.31. The molecule has 0 aromatic heterocycles. The number of halogens is 2. The molecule has 1 N–H and O–H groups in total. The molecule has 5 heteroatoms. The number of ether oxygens (including phenoxy) is 1. The van der Waals surface area contributed by atoms with Crippen molar-refractivity contribution in [2.75, 3.05) is 6.61 Å². The number of aliphatic hydroxyl groups excluding tert-OH is 1. The number of carbonyl (C=O) groups excluding carboxylic acids is 1.